The first-order chi connectivity index (χ1) is 31.5. The number of halogens is 1. The van der Waals surface area contributed by atoms with Gasteiger partial charge in [0.15, 0.2) is 0 Å². The number of ether oxygens (including phenoxy) is 4. The molecule has 0 radical (unpaired) electrons. The van der Waals surface area contributed by atoms with Crippen LogP contribution in [-0.2, 0) is 35.8 Å². The number of non-ortho nitro benzene ring substituents is 2. The van der Waals surface area contributed by atoms with E-state index in [2.05, 4.69) is 51.0 Å². The molecule has 2 aromatic heterocycles. The molecule has 0 bridgehead atoms. The molecular weight excluding hydrogens is 866 g/mol. The molecular formula is C44H52ClN9O11. The van der Waals surface area contributed by atoms with E-state index in [4.69, 9.17) is 30.9 Å². The minimum atomic E-state index is -0.978. The van der Waals surface area contributed by atoms with Crippen LogP contribution in [0.25, 0.3) is 0 Å². The topological polar surface area (TPSA) is 242 Å². The lowest BCUT2D eigenvalue weighted by atomic mass is 10.2. The number of aliphatic hydroxyl groups is 1. The number of benzene rings is 4. The van der Waals surface area contributed by atoms with Gasteiger partial charge in [0.05, 0.1) is 53.3 Å². The Bertz CT molecular complexity index is 2260. The van der Waals surface area contributed by atoms with E-state index in [0.717, 1.165) is 30.0 Å². The van der Waals surface area contributed by atoms with Gasteiger partial charge in [0.25, 0.3) is 11.4 Å². The van der Waals surface area contributed by atoms with E-state index in [0.29, 0.717) is 18.8 Å². The zero-order chi connectivity index (χ0) is 47.2. The standard InChI is InChI=1S/C17H14N4O5.C10H11N3O.C7H4ClNO4.C6H15N.C4H8O/c22-17(26-16-8-6-14(7-9-16)21(23)24)25-12-15-10-18-19-20(15)11-13-4-2-1-3-5-13;14-8-10-6-11-12-13(10)7-9-4-2-1-3-5-9;8-7(10)13-6-3-1-5(2-4-6)9(11)12;1-4-7(5-2)6-3;1-2-4-5-3-1/h1-10H,11-12H2;1-6,14H,7-8H2;1-4H;4-6H2,1-3H3;1-4H2. The molecule has 1 fully saturated rings. The van der Waals surface area contributed by atoms with E-state index < -0.39 is 21.4 Å². The van der Waals surface area contributed by atoms with Crippen LogP contribution >= 0.6 is 11.6 Å². The first kappa shape index (κ1) is 52.2. The molecule has 20 nitrogen and oxygen atoms in total. The highest BCUT2D eigenvalue weighted by atomic mass is 35.5. The predicted molar refractivity (Wildman–Crippen MR) is 239 cm³/mol. The summed E-state index contributed by atoms with van der Waals surface area (Å²) in [5.74, 6) is 0.321. The van der Waals surface area contributed by atoms with Crippen LogP contribution < -0.4 is 9.47 Å². The fourth-order valence-corrected chi connectivity index (χ4v) is 5.46. The Kier molecular flexibility index (Phi) is 24.1. The van der Waals surface area contributed by atoms with Crippen LogP contribution in [0.15, 0.2) is 122 Å². The van der Waals surface area contributed by atoms with Gasteiger partial charge < -0.3 is 29.0 Å². The third-order valence-electron chi connectivity index (χ3n) is 8.91. The van der Waals surface area contributed by atoms with Gasteiger partial charge >= 0.3 is 11.6 Å². The Morgan fingerprint density at radius 3 is 1.49 bits per heavy atom. The van der Waals surface area contributed by atoms with Crippen molar-refractivity contribution in [1.82, 2.24) is 34.9 Å². The first-order valence-electron chi connectivity index (χ1n) is 20.4. The second-order valence-corrected chi connectivity index (χ2v) is 13.6. The summed E-state index contributed by atoms with van der Waals surface area (Å²) in [5.41, 5.74) is 2.37. The molecule has 21 heteroatoms. The predicted octanol–water partition coefficient (Wildman–Crippen LogP) is 8.25. The second kappa shape index (κ2) is 30.0. The van der Waals surface area contributed by atoms with Crippen LogP contribution in [0, 0.1) is 20.2 Å². The summed E-state index contributed by atoms with van der Waals surface area (Å²) in [4.78, 5) is 44.1. The maximum absolute atomic E-state index is 11.8. The highest BCUT2D eigenvalue weighted by Gasteiger charge is 2.12. The zero-order valence-electron chi connectivity index (χ0n) is 36.3. The van der Waals surface area contributed by atoms with Gasteiger partial charge in [-0.1, -0.05) is 91.9 Å². The third kappa shape index (κ3) is 20.7. The number of nitro benzene ring substituents is 2. The smallest absolute Gasteiger partial charge is 0.427 e. The van der Waals surface area contributed by atoms with Crippen molar-refractivity contribution in [3.63, 3.8) is 0 Å². The molecule has 0 amide bonds. The van der Waals surface area contributed by atoms with Gasteiger partial charge in [-0.2, -0.15) is 0 Å². The summed E-state index contributed by atoms with van der Waals surface area (Å²) in [5, 5.41) is 45.2. The molecule has 1 aliphatic rings. The lowest BCUT2D eigenvalue weighted by Gasteiger charge is -2.13. The number of carbonyl (C=O) groups is 2. The van der Waals surface area contributed by atoms with Crippen LogP contribution in [0.5, 0.6) is 11.5 Å². The minimum Gasteiger partial charge on any atom is -0.427 e. The Morgan fingerprint density at radius 1 is 0.692 bits per heavy atom. The molecule has 1 aliphatic heterocycles. The van der Waals surface area contributed by atoms with Gasteiger partial charge in [0.2, 0.25) is 0 Å². The van der Waals surface area contributed by atoms with Gasteiger partial charge in [0, 0.05) is 49.1 Å². The maximum Gasteiger partial charge on any atom is 0.514 e. The fraction of sp³-hybridized carbons (Fsp3) is 0.318. The number of nitrogens with zero attached hydrogens (tertiary/aromatic N) is 9. The minimum absolute atomic E-state index is 0.0279. The van der Waals surface area contributed by atoms with Crippen molar-refractivity contribution in [2.75, 3.05) is 32.8 Å². The molecule has 1 N–H and O–H groups in total. The van der Waals surface area contributed by atoms with Gasteiger partial charge in [-0.25, -0.2) is 19.0 Å². The maximum atomic E-state index is 11.8. The zero-order valence-corrected chi connectivity index (χ0v) is 37.0. The Hall–Kier alpha value is -7.13. The Labute approximate surface area is 380 Å². The molecule has 0 spiro atoms. The Morgan fingerprint density at radius 2 is 1.12 bits per heavy atom. The SMILES string of the molecule is C1CCOC1.CCN(CC)CC.O=C(Cl)Oc1ccc([N+](=O)[O-])cc1.O=C(OCc1cnnn1Cc1ccccc1)Oc1ccc([N+](=O)[O-])cc1.OCc1cnnn1Cc1ccccc1. The average Bonchev–Trinajstić information content (AvgIpc) is 4.14. The van der Waals surface area contributed by atoms with Gasteiger partial charge in [0.1, 0.15) is 18.1 Å². The molecule has 0 saturated carbocycles. The molecule has 1 saturated heterocycles. The molecule has 4 aromatic carbocycles. The molecule has 65 heavy (non-hydrogen) atoms. The summed E-state index contributed by atoms with van der Waals surface area (Å²) in [7, 11) is 0. The number of aliphatic hydroxyl groups excluding tert-OH is 1. The molecule has 7 rings (SSSR count). The summed E-state index contributed by atoms with van der Waals surface area (Å²) < 4.78 is 22.7. The molecule has 0 atom stereocenters. The van der Waals surface area contributed by atoms with E-state index in [1.807, 2.05) is 60.7 Å². The van der Waals surface area contributed by atoms with E-state index in [1.165, 1.54) is 87.2 Å². The summed E-state index contributed by atoms with van der Waals surface area (Å²) in [6, 6.07) is 29.8. The molecule has 346 valence electrons. The largest absolute Gasteiger partial charge is 0.514 e. The van der Waals surface area contributed by atoms with E-state index in [-0.39, 0.29) is 36.1 Å². The van der Waals surface area contributed by atoms with Crippen molar-refractivity contribution in [2.24, 2.45) is 0 Å². The summed E-state index contributed by atoms with van der Waals surface area (Å²) >= 11 is 4.92. The monoisotopic (exact) mass is 917 g/mol. The van der Waals surface area contributed by atoms with Crippen LogP contribution in [0.2, 0.25) is 0 Å². The van der Waals surface area contributed by atoms with E-state index in [9.17, 15) is 29.8 Å². The highest BCUT2D eigenvalue weighted by Crippen LogP contribution is 2.19. The third-order valence-corrected chi connectivity index (χ3v) is 8.99. The van der Waals surface area contributed by atoms with Crippen molar-refractivity contribution < 1.29 is 43.5 Å². The summed E-state index contributed by atoms with van der Waals surface area (Å²) in [6.07, 6.45) is 4.71. The number of carbonyl (C=O) groups excluding carboxylic acids is 2. The van der Waals surface area contributed by atoms with Crippen molar-refractivity contribution in [1.29, 1.82) is 0 Å². The lowest BCUT2D eigenvalue weighted by molar-refractivity contribution is -0.385. The quantitative estimate of drug-likeness (QED) is 0.0355. The molecule has 3 heterocycles. The number of hydrogen-bond acceptors (Lipinski definition) is 16. The first-order valence-corrected chi connectivity index (χ1v) is 20.8. The average molecular weight is 918 g/mol. The van der Waals surface area contributed by atoms with Crippen molar-refractivity contribution >= 4 is 34.6 Å². The molecule has 6 aromatic rings. The van der Waals surface area contributed by atoms with Crippen molar-refractivity contribution in [3.8, 4) is 11.5 Å². The van der Waals surface area contributed by atoms with Gasteiger partial charge in [-0.3, -0.25) is 20.2 Å². The van der Waals surface area contributed by atoms with Crippen molar-refractivity contribution in [3.05, 3.63) is 164 Å². The van der Waals surface area contributed by atoms with E-state index in [1.54, 1.807) is 15.6 Å². The second-order valence-electron chi connectivity index (χ2n) is 13.3. The van der Waals surface area contributed by atoms with E-state index >= 15 is 0 Å². The summed E-state index contributed by atoms with van der Waals surface area (Å²) in [6.45, 7) is 13.2. The van der Waals surface area contributed by atoms with Crippen LogP contribution in [0.4, 0.5) is 21.0 Å². The number of nitro groups is 2. The highest BCUT2D eigenvalue weighted by molar-refractivity contribution is 6.61. The fourth-order valence-electron chi connectivity index (χ4n) is 5.38. The number of aromatic nitrogens is 6. The number of rotatable bonds is 14. The van der Waals surface area contributed by atoms with Gasteiger partial charge in [-0.15, -0.1) is 10.2 Å². The number of hydrogen-bond donors (Lipinski definition) is 1. The lowest BCUT2D eigenvalue weighted by Crippen LogP contribution is -2.21. The van der Waals surface area contributed by atoms with Crippen LogP contribution in [-0.4, -0.2) is 94.3 Å². The van der Waals surface area contributed by atoms with Crippen LogP contribution in [0.3, 0.4) is 0 Å². The normalized spacial score (nSPS) is 11.2. The Balaban J connectivity index is 0.000000243. The molecule has 0 unspecified atom stereocenters. The van der Waals surface area contributed by atoms with Gasteiger partial charge in [-0.05, 0) is 67.9 Å². The van der Waals surface area contributed by atoms with Crippen LogP contribution in [0.1, 0.15) is 56.1 Å². The van der Waals surface area contributed by atoms with Crippen molar-refractivity contribution in [2.45, 2.75) is 59.9 Å². The molecule has 0 aliphatic carbocycles.